The van der Waals surface area contributed by atoms with Crippen LogP contribution in [0.25, 0.3) is 11.7 Å². The fourth-order valence-corrected chi connectivity index (χ4v) is 5.37. The van der Waals surface area contributed by atoms with Crippen molar-refractivity contribution in [1.82, 2.24) is 14.3 Å². The van der Waals surface area contributed by atoms with E-state index in [0.29, 0.717) is 39.3 Å². The van der Waals surface area contributed by atoms with Gasteiger partial charge in [0.1, 0.15) is 15.8 Å². The number of carbonyl (C=O) groups excluding carboxylic acids is 1. The Morgan fingerprint density at radius 2 is 2.12 bits per heavy atom. The molecule has 2 aliphatic rings. The Balaban J connectivity index is 1.58. The fraction of sp³-hybridized carbons (Fsp3) is 0.500. The van der Waals surface area contributed by atoms with Gasteiger partial charge in [-0.05, 0) is 37.5 Å². The molecule has 7 nitrogen and oxygen atoms in total. The van der Waals surface area contributed by atoms with E-state index in [1.165, 1.54) is 35.4 Å². The van der Waals surface area contributed by atoms with E-state index in [0.717, 1.165) is 32.3 Å². The van der Waals surface area contributed by atoms with Gasteiger partial charge < -0.3 is 10.1 Å². The van der Waals surface area contributed by atoms with Crippen LogP contribution in [0.2, 0.25) is 0 Å². The second kappa shape index (κ2) is 11.3. The van der Waals surface area contributed by atoms with Gasteiger partial charge >= 0.3 is 0 Å². The summed E-state index contributed by atoms with van der Waals surface area (Å²) in [6.07, 6.45) is 11.0. The lowest BCUT2D eigenvalue weighted by molar-refractivity contribution is -0.122. The van der Waals surface area contributed by atoms with Gasteiger partial charge in [0.2, 0.25) is 0 Å². The zero-order valence-corrected chi connectivity index (χ0v) is 20.6. The Bertz CT molecular complexity index is 1110. The third-order valence-electron chi connectivity index (χ3n) is 5.92. The molecule has 0 spiro atoms. The van der Waals surface area contributed by atoms with Crippen molar-refractivity contribution < 1.29 is 9.53 Å². The van der Waals surface area contributed by atoms with Crippen LogP contribution in [0, 0.1) is 0 Å². The lowest BCUT2D eigenvalue weighted by Crippen LogP contribution is -2.29. The van der Waals surface area contributed by atoms with Crippen LogP contribution in [0.1, 0.15) is 57.4 Å². The average Bonchev–Trinajstić information content (AvgIpc) is 3.43. The van der Waals surface area contributed by atoms with Crippen LogP contribution in [-0.4, -0.2) is 50.3 Å². The topological polar surface area (TPSA) is 75.9 Å². The first-order valence-corrected chi connectivity index (χ1v) is 12.9. The van der Waals surface area contributed by atoms with E-state index in [-0.39, 0.29) is 17.6 Å². The number of hydrogen-bond acceptors (Lipinski definition) is 7. The van der Waals surface area contributed by atoms with Gasteiger partial charge in [0.05, 0.1) is 16.6 Å². The molecule has 4 rings (SSSR count). The van der Waals surface area contributed by atoms with Crippen LogP contribution in [0.15, 0.2) is 34.1 Å². The van der Waals surface area contributed by atoms with Crippen LogP contribution in [0.4, 0.5) is 5.82 Å². The van der Waals surface area contributed by atoms with Gasteiger partial charge in [-0.25, -0.2) is 4.98 Å². The van der Waals surface area contributed by atoms with Crippen molar-refractivity contribution in [2.24, 2.45) is 0 Å². The van der Waals surface area contributed by atoms with E-state index >= 15 is 0 Å². The number of nitrogens with one attached hydrogen (secondary N) is 1. The van der Waals surface area contributed by atoms with Crippen LogP contribution in [0.5, 0.6) is 0 Å². The molecular formula is C24H30N4O3S2. The lowest BCUT2D eigenvalue weighted by Gasteiger charge is -2.15. The summed E-state index contributed by atoms with van der Waals surface area (Å²) in [5, 5.41) is 3.29. The number of anilines is 1. The second-order valence-corrected chi connectivity index (χ2v) is 10.0. The summed E-state index contributed by atoms with van der Waals surface area (Å²) in [7, 11) is 0. The van der Waals surface area contributed by atoms with Crippen molar-refractivity contribution in [2.45, 2.75) is 58.0 Å². The summed E-state index contributed by atoms with van der Waals surface area (Å²) in [4.78, 5) is 33.2. The van der Waals surface area contributed by atoms with Gasteiger partial charge in [-0.3, -0.25) is 18.9 Å². The number of aromatic nitrogens is 2. The van der Waals surface area contributed by atoms with E-state index in [1.807, 2.05) is 6.07 Å². The molecule has 176 valence electrons. The normalized spacial score (nSPS) is 19.8. The molecule has 0 aliphatic carbocycles. The van der Waals surface area contributed by atoms with Crippen molar-refractivity contribution in [3.63, 3.8) is 0 Å². The molecule has 2 fully saturated rings. The summed E-state index contributed by atoms with van der Waals surface area (Å²) >= 11 is 6.73. The minimum atomic E-state index is -0.222. The number of amides is 1. The Morgan fingerprint density at radius 1 is 1.27 bits per heavy atom. The molecule has 1 amide bonds. The summed E-state index contributed by atoms with van der Waals surface area (Å²) in [6.45, 7) is 4.12. The molecule has 1 atom stereocenters. The number of unbranched alkanes of at least 4 members (excludes halogenated alkanes) is 4. The van der Waals surface area contributed by atoms with E-state index in [1.54, 1.807) is 29.3 Å². The molecule has 0 radical (unpaired) electrons. The quantitative estimate of drug-likeness (QED) is 0.302. The monoisotopic (exact) mass is 486 g/mol. The van der Waals surface area contributed by atoms with Crippen molar-refractivity contribution in [3.05, 3.63) is 45.2 Å². The number of thiocarbonyl (C=S) groups is 1. The van der Waals surface area contributed by atoms with E-state index < -0.39 is 0 Å². The molecule has 2 aromatic rings. The Labute approximate surface area is 203 Å². The highest BCUT2D eigenvalue weighted by Gasteiger charge is 2.32. The molecule has 0 unspecified atom stereocenters. The van der Waals surface area contributed by atoms with Crippen molar-refractivity contribution >= 4 is 51.7 Å². The highest BCUT2D eigenvalue weighted by molar-refractivity contribution is 8.26. The lowest BCUT2D eigenvalue weighted by atomic mass is 10.1. The number of fused-ring (bicyclic) bond motifs is 1. The Morgan fingerprint density at radius 3 is 2.91 bits per heavy atom. The summed E-state index contributed by atoms with van der Waals surface area (Å²) in [6, 6.07) is 5.43. The van der Waals surface area contributed by atoms with Gasteiger partial charge in [-0.15, -0.1) is 0 Å². The summed E-state index contributed by atoms with van der Waals surface area (Å²) < 4.78 is 7.75. The number of ether oxygens (including phenoxy) is 1. The fourth-order valence-electron chi connectivity index (χ4n) is 4.08. The van der Waals surface area contributed by atoms with Gasteiger partial charge in [0.15, 0.2) is 0 Å². The third kappa shape index (κ3) is 5.65. The highest BCUT2D eigenvalue weighted by atomic mass is 32.2. The molecule has 1 N–H and O–H groups in total. The summed E-state index contributed by atoms with van der Waals surface area (Å²) in [5.41, 5.74) is 0.689. The maximum Gasteiger partial charge on any atom is 0.267 e. The SMILES string of the molecule is CCCCCCCN1C(=O)/C(=C\c2c(NC[C@@H]3CCCO3)nc3ccccn3c2=O)SC1=S. The van der Waals surface area contributed by atoms with Crippen LogP contribution < -0.4 is 10.9 Å². The minimum Gasteiger partial charge on any atom is -0.376 e. The first kappa shape index (κ1) is 23.9. The zero-order chi connectivity index (χ0) is 23.2. The van der Waals surface area contributed by atoms with E-state index in [9.17, 15) is 9.59 Å². The maximum absolute atomic E-state index is 13.3. The molecule has 9 heteroatoms. The first-order chi connectivity index (χ1) is 16.1. The second-order valence-electron chi connectivity index (χ2n) is 8.37. The van der Waals surface area contributed by atoms with Gasteiger partial charge in [-0.2, -0.15) is 0 Å². The highest BCUT2D eigenvalue weighted by Crippen LogP contribution is 2.33. The number of carbonyl (C=O) groups is 1. The van der Waals surface area contributed by atoms with E-state index in [4.69, 9.17) is 17.0 Å². The predicted molar refractivity (Wildman–Crippen MR) is 138 cm³/mol. The standard InChI is InChI=1S/C24H30N4O3S2/c1-2-3-4-5-7-13-28-23(30)19(33-24(28)32)15-18-21(25-16-17-10-9-14-31-17)26-20-11-6-8-12-27(20)22(18)29/h6,8,11-12,15,17,25H,2-5,7,9-10,13-14,16H2,1H3/b19-15+/t17-/m0/s1. The van der Waals surface area contributed by atoms with Gasteiger partial charge in [-0.1, -0.05) is 62.7 Å². The Kier molecular flexibility index (Phi) is 8.16. The van der Waals surface area contributed by atoms with E-state index in [2.05, 4.69) is 17.2 Å². The number of thioether (sulfide) groups is 1. The Hall–Kier alpha value is -2.23. The summed E-state index contributed by atoms with van der Waals surface area (Å²) in [5.74, 6) is 0.328. The molecule has 0 bridgehead atoms. The van der Waals surface area contributed by atoms with Gasteiger partial charge in [0, 0.05) is 25.9 Å². The molecule has 2 aromatic heterocycles. The van der Waals surface area contributed by atoms with Crippen LogP contribution >= 0.6 is 24.0 Å². The van der Waals surface area contributed by atoms with Crippen molar-refractivity contribution in [1.29, 1.82) is 0 Å². The third-order valence-corrected chi connectivity index (χ3v) is 7.30. The van der Waals surface area contributed by atoms with Crippen LogP contribution in [0.3, 0.4) is 0 Å². The molecule has 2 aliphatic heterocycles. The first-order valence-electron chi connectivity index (χ1n) is 11.7. The zero-order valence-electron chi connectivity index (χ0n) is 18.9. The number of nitrogens with zero attached hydrogens (tertiary/aromatic N) is 3. The molecule has 33 heavy (non-hydrogen) atoms. The van der Waals surface area contributed by atoms with Crippen LogP contribution in [-0.2, 0) is 9.53 Å². The average molecular weight is 487 g/mol. The number of hydrogen-bond donors (Lipinski definition) is 1. The number of rotatable bonds is 10. The maximum atomic E-state index is 13.3. The molecular weight excluding hydrogens is 456 g/mol. The number of pyridine rings is 1. The largest absolute Gasteiger partial charge is 0.376 e. The van der Waals surface area contributed by atoms with Crippen molar-refractivity contribution in [2.75, 3.05) is 25.0 Å². The predicted octanol–water partition coefficient (Wildman–Crippen LogP) is 4.46. The smallest absolute Gasteiger partial charge is 0.267 e. The molecule has 2 saturated heterocycles. The molecule has 0 saturated carbocycles. The van der Waals surface area contributed by atoms with Crippen molar-refractivity contribution in [3.8, 4) is 0 Å². The molecule has 4 heterocycles. The molecule has 0 aromatic carbocycles. The minimum absolute atomic E-state index is 0.0970. The van der Waals surface area contributed by atoms with Gasteiger partial charge in [0.25, 0.3) is 11.5 Å².